The Bertz CT molecular complexity index is 835. The van der Waals surface area contributed by atoms with E-state index in [1.54, 1.807) is 30.5 Å². The number of nitrogens with one attached hydrogen (secondary N) is 1. The molecule has 0 spiro atoms. The molecule has 4 N–H and O–H groups in total. The van der Waals surface area contributed by atoms with Crippen LogP contribution in [-0.2, 0) is 0 Å². The number of nitrogens with two attached hydrogens (primary N) is 1. The van der Waals surface area contributed by atoms with Crippen molar-refractivity contribution in [3.63, 3.8) is 0 Å². The summed E-state index contributed by atoms with van der Waals surface area (Å²) in [5, 5.41) is 12.0. The van der Waals surface area contributed by atoms with Crippen molar-refractivity contribution < 1.29 is 9.90 Å². The highest BCUT2D eigenvalue weighted by molar-refractivity contribution is 6.05. The number of rotatable bonds is 3. The zero-order valence-corrected chi connectivity index (χ0v) is 12.0. The van der Waals surface area contributed by atoms with Gasteiger partial charge in [0.2, 0.25) is 0 Å². The third-order valence-electron chi connectivity index (χ3n) is 3.10. The van der Waals surface area contributed by atoms with Crippen LogP contribution >= 0.6 is 0 Å². The fourth-order valence-corrected chi connectivity index (χ4v) is 1.96. The van der Waals surface area contributed by atoms with Crippen LogP contribution in [0.4, 0.5) is 11.5 Å². The monoisotopic (exact) mass is 307 g/mol. The van der Waals surface area contributed by atoms with Crippen molar-refractivity contribution in [2.75, 3.05) is 11.1 Å². The summed E-state index contributed by atoms with van der Waals surface area (Å²) < 4.78 is 0. The van der Waals surface area contributed by atoms with Gasteiger partial charge >= 0.3 is 0 Å². The van der Waals surface area contributed by atoms with Gasteiger partial charge in [0.05, 0.1) is 23.8 Å². The number of aromatic hydroxyl groups is 1. The predicted octanol–water partition coefficient (Wildman–Crippen LogP) is 2.08. The second-order valence-corrected chi connectivity index (χ2v) is 4.73. The first-order valence-corrected chi connectivity index (χ1v) is 6.77. The fraction of sp³-hybridized carbons (Fsp3) is 0. The molecule has 0 saturated heterocycles. The minimum absolute atomic E-state index is 0.0272. The Hall–Kier alpha value is -3.48. The molecular weight excluding hydrogens is 294 g/mol. The van der Waals surface area contributed by atoms with E-state index in [-0.39, 0.29) is 17.3 Å². The van der Waals surface area contributed by atoms with Crippen LogP contribution in [-0.4, -0.2) is 26.0 Å². The van der Waals surface area contributed by atoms with E-state index in [1.165, 1.54) is 24.5 Å². The Morgan fingerprint density at radius 3 is 2.61 bits per heavy atom. The lowest BCUT2D eigenvalue weighted by molar-refractivity contribution is 0.102. The van der Waals surface area contributed by atoms with E-state index in [0.717, 1.165) is 0 Å². The SMILES string of the molecule is Nc1ncc(-c2ccc(O)cc2)nc1C(=O)Nc1cccnc1. The molecule has 114 valence electrons. The summed E-state index contributed by atoms with van der Waals surface area (Å²) in [6, 6.07) is 9.83. The molecule has 3 rings (SSSR count). The van der Waals surface area contributed by atoms with Crippen molar-refractivity contribution in [2.45, 2.75) is 0 Å². The van der Waals surface area contributed by atoms with Crippen molar-refractivity contribution >= 4 is 17.4 Å². The van der Waals surface area contributed by atoms with E-state index < -0.39 is 5.91 Å². The Kier molecular flexibility index (Phi) is 3.84. The topological polar surface area (TPSA) is 114 Å². The van der Waals surface area contributed by atoms with E-state index in [4.69, 9.17) is 5.73 Å². The summed E-state index contributed by atoms with van der Waals surface area (Å²) in [7, 11) is 0. The minimum Gasteiger partial charge on any atom is -0.508 e. The van der Waals surface area contributed by atoms with Crippen molar-refractivity contribution in [3.05, 3.63) is 60.7 Å². The van der Waals surface area contributed by atoms with Crippen LogP contribution in [0.5, 0.6) is 5.75 Å². The molecule has 0 bridgehead atoms. The largest absolute Gasteiger partial charge is 0.508 e. The molecule has 0 radical (unpaired) electrons. The average Bonchev–Trinajstić information content (AvgIpc) is 2.57. The molecule has 7 nitrogen and oxygen atoms in total. The lowest BCUT2D eigenvalue weighted by atomic mass is 10.1. The van der Waals surface area contributed by atoms with Gasteiger partial charge in [-0.15, -0.1) is 0 Å². The molecule has 23 heavy (non-hydrogen) atoms. The molecule has 7 heteroatoms. The van der Waals surface area contributed by atoms with Gasteiger partial charge in [0.25, 0.3) is 5.91 Å². The lowest BCUT2D eigenvalue weighted by Gasteiger charge is -2.08. The number of benzene rings is 1. The average molecular weight is 307 g/mol. The third kappa shape index (κ3) is 3.24. The third-order valence-corrected chi connectivity index (χ3v) is 3.10. The molecule has 0 aliphatic rings. The Morgan fingerprint density at radius 2 is 1.91 bits per heavy atom. The highest BCUT2D eigenvalue weighted by Gasteiger charge is 2.15. The van der Waals surface area contributed by atoms with E-state index >= 15 is 0 Å². The number of amides is 1. The van der Waals surface area contributed by atoms with E-state index in [1.807, 2.05) is 0 Å². The van der Waals surface area contributed by atoms with Gasteiger partial charge in [0.15, 0.2) is 11.5 Å². The summed E-state index contributed by atoms with van der Waals surface area (Å²) in [5.41, 5.74) is 7.51. The van der Waals surface area contributed by atoms with Gasteiger partial charge in [-0.2, -0.15) is 0 Å². The predicted molar refractivity (Wildman–Crippen MR) is 85.7 cm³/mol. The fourth-order valence-electron chi connectivity index (χ4n) is 1.96. The first-order chi connectivity index (χ1) is 11.1. The van der Waals surface area contributed by atoms with E-state index in [2.05, 4.69) is 20.3 Å². The zero-order chi connectivity index (χ0) is 16.2. The number of aromatic nitrogens is 3. The lowest BCUT2D eigenvalue weighted by Crippen LogP contribution is -2.17. The first-order valence-electron chi connectivity index (χ1n) is 6.77. The molecule has 2 aromatic heterocycles. The zero-order valence-electron chi connectivity index (χ0n) is 12.0. The molecule has 2 heterocycles. The molecule has 0 saturated carbocycles. The standard InChI is InChI=1S/C16H13N5O2/c17-15-14(16(23)20-11-2-1-7-18-8-11)21-13(9-19-15)10-3-5-12(22)6-4-10/h1-9,22H,(H2,17,19)(H,20,23). The number of pyridine rings is 1. The molecular formula is C16H13N5O2. The summed E-state index contributed by atoms with van der Waals surface area (Å²) in [5.74, 6) is -0.288. The highest BCUT2D eigenvalue weighted by atomic mass is 16.3. The van der Waals surface area contributed by atoms with Gasteiger partial charge in [0, 0.05) is 11.8 Å². The molecule has 3 aromatic rings. The van der Waals surface area contributed by atoms with E-state index in [0.29, 0.717) is 16.9 Å². The molecule has 0 fully saturated rings. The van der Waals surface area contributed by atoms with Crippen molar-refractivity contribution in [1.82, 2.24) is 15.0 Å². The maximum atomic E-state index is 12.3. The number of nitrogen functional groups attached to an aromatic ring is 1. The normalized spacial score (nSPS) is 10.3. The molecule has 1 aromatic carbocycles. The van der Waals surface area contributed by atoms with Gasteiger partial charge in [-0.25, -0.2) is 9.97 Å². The van der Waals surface area contributed by atoms with Crippen LogP contribution < -0.4 is 11.1 Å². The quantitative estimate of drug-likeness (QED) is 0.682. The number of phenols is 1. The van der Waals surface area contributed by atoms with Gasteiger partial charge in [0.1, 0.15) is 5.75 Å². The summed E-state index contributed by atoms with van der Waals surface area (Å²) >= 11 is 0. The Labute approximate surface area is 131 Å². The van der Waals surface area contributed by atoms with E-state index in [9.17, 15) is 9.90 Å². The molecule has 0 unspecified atom stereocenters. The number of phenolic OH excluding ortho intramolecular Hbond substituents is 1. The van der Waals surface area contributed by atoms with Crippen LogP contribution in [0.15, 0.2) is 55.0 Å². The van der Waals surface area contributed by atoms with Gasteiger partial charge in [-0.1, -0.05) is 0 Å². The van der Waals surface area contributed by atoms with Crippen LogP contribution in [0.1, 0.15) is 10.5 Å². The molecule has 0 atom stereocenters. The maximum Gasteiger partial charge on any atom is 0.278 e. The summed E-state index contributed by atoms with van der Waals surface area (Å²) in [6.07, 6.45) is 4.60. The second kappa shape index (κ2) is 6.10. The minimum atomic E-state index is -0.469. The Morgan fingerprint density at radius 1 is 1.13 bits per heavy atom. The van der Waals surface area contributed by atoms with Gasteiger partial charge in [-0.3, -0.25) is 9.78 Å². The number of nitrogens with zero attached hydrogens (tertiary/aromatic N) is 3. The first kappa shape index (κ1) is 14.5. The smallest absolute Gasteiger partial charge is 0.278 e. The summed E-state index contributed by atoms with van der Waals surface area (Å²) in [6.45, 7) is 0. The number of carbonyl (C=O) groups excluding carboxylic acids is 1. The highest BCUT2D eigenvalue weighted by Crippen LogP contribution is 2.21. The van der Waals surface area contributed by atoms with Crippen molar-refractivity contribution in [3.8, 4) is 17.0 Å². The number of carbonyl (C=O) groups is 1. The maximum absolute atomic E-state index is 12.3. The van der Waals surface area contributed by atoms with Crippen molar-refractivity contribution in [2.24, 2.45) is 0 Å². The van der Waals surface area contributed by atoms with Gasteiger partial charge < -0.3 is 16.2 Å². The number of hydrogen-bond acceptors (Lipinski definition) is 6. The van der Waals surface area contributed by atoms with Crippen LogP contribution in [0, 0.1) is 0 Å². The van der Waals surface area contributed by atoms with Crippen LogP contribution in [0.25, 0.3) is 11.3 Å². The van der Waals surface area contributed by atoms with Crippen LogP contribution in [0.2, 0.25) is 0 Å². The van der Waals surface area contributed by atoms with Crippen LogP contribution in [0.3, 0.4) is 0 Å². The number of hydrogen-bond donors (Lipinski definition) is 3. The number of anilines is 2. The Balaban J connectivity index is 1.91. The van der Waals surface area contributed by atoms with Crippen molar-refractivity contribution in [1.29, 1.82) is 0 Å². The molecule has 1 amide bonds. The molecule has 0 aliphatic carbocycles. The summed E-state index contributed by atoms with van der Waals surface area (Å²) in [4.78, 5) is 24.5. The molecule has 0 aliphatic heterocycles. The van der Waals surface area contributed by atoms with Gasteiger partial charge in [-0.05, 0) is 36.4 Å². The second-order valence-electron chi connectivity index (χ2n) is 4.73.